The van der Waals surface area contributed by atoms with E-state index in [4.69, 9.17) is 0 Å². The second-order valence-corrected chi connectivity index (χ2v) is 5.83. The van der Waals surface area contributed by atoms with E-state index in [0.29, 0.717) is 0 Å². The van der Waals surface area contributed by atoms with Crippen LogP contribution in [0.15, 0.2) is 97.6 Å². The molecule has 0 N–H and O–H groups in total. The molecule has 0 aliphatic heterocycles. The SMILES string of the molecule is [CH]([N][CH]c1ccccn1)c1ccccn1.[CH]([N][CH]c1ccccn1)c1ccccn1.[Zn+2]. The van der Waals surface area contributed by atoms with Crippen LogP contribution in [0.4, 0.5) is 0 Å². The van der Waals surface area contributed by atoms with Gasteiger partial charge in [0.15, 0.2) is 0 Å². The van der Waals surface area contributed by atoms with E-state index in [1.807, 2.05) is 72.8 Å². The number of pyridine rings is 4. The number of rotatable bonds is 8. The molecule has 0 spiro atoms. The number of aromatic nitrogens is 4. The molecule has 6 radical (unpaired) electrons. The molecule has 0 saturated carbocycles. The Hall–Kier alpha value is -2.86. The average Bonchev–Trinajstić information content (AvgIpc) is 2.82. The minimum Gasteiger partial charge on any atom is -0.259 e. The molecule has 0 aliphatic carbocycles. The van der Waals surface area contributed by atoms with E-state index in [0.717, 1.165) is 22.8 Å². The van der Waals surface area contributed by atoms with Gasteiger partial charge in [0.05, 0.1) is 49.0 Å². The van der Waals surface area contributed by atoms with E-state index in [1.165, 1.54) is 0 Å². The Balaban J connectivity index is 0.000000213. The van der Waals surface area contributed by atoms with Crippen molar-refractivity contribution in [1.82, 2.24) is 30.6 Å². The van der Waals surface area contributed by atoms with E-state index in [2.05, 4.69) is 30.6 Å². The topological polar surface area (TPSA) is 79.8 Å². The third kappa shape index (κ3) is 10.1. The molecule has 0 aromatic carbocycles. The summed E-state index contributed by atoms with van der Waals surface area (Å²) < 4.78 is 0. The maximum absolute atomic E-state index is 4.14. The maximum atomic E-state index is 4.14. The van der Waals surface area contributed by atoms with Crippen LogP contribution < -0.4 is 10.6 Å². The summed E-state index contributed by atoms with van der Waals surface area (Å²) in [5.74, 6) is 0. The van der Waals surface area contributed by atoms with Crippen LogP contribution in [-0.4, -0.2) is 19.9 Å². The standard InChI is InChI=1S/2C12H10N3.Zn/c2*1-3-7-14-11(5-1)9-13-10-12-6-2-4-8-15-12;/h2*1-10H;/q;;+2. The molecule has 0 amide bonds. The largest absolute Gasteiger partial charge is 2.00 e. The summed E-state index contributed by atoms with van der Waals surface area (Å²) in [4.78, 5) is 16.5. The molecule has 0 saturated heterocycles. The van der Waals surface area contributed by atoms with Crippen LogP contribution in [0.3, 0.4) is 0 Å². The first-order chi connectivity index (χ1) is 14.9. The third-order valence-electron chi connectivity index (χ3n) is 3.58. The van der Waals surface area contributed by atoms with Gasteiger partial charge >= 0.3 is 19.5 Å². The molecular weight excluding hydrogens is 438 g/mol. The van der Waals surface area contributed by atoms with Crippen LogP contribution in [0.1, 0.15) is 22.8 Å². The fourth-order valence-electron chi connectivity index (χ4n) is 2.19. The zero-order valence-electron chi connectivity index (χ0n) is 16.9. The van der Waals surface area contributed by atoms with Gasteiger partial charge in [-0.25, -0.2) is 10.6 Å². The quantitative estimate of drug-likeness (QED) is 0.379. The monoisotopic (exact) mass is 456 g/mol. The maximum Gasteiger partial charge on any atom is 2.00 e. The molecule has 4 heterocycles. The van der Waals surface area contributed by atoms with Crippen LogP contribution in [0.2, 0.25) is 0 Å². The van der Waals surface area contributed by atoms with E-state index in [1.54, 1.807) is 51.0 Å². The van der Waals surface area contributed by atoms with Crippen LogP contribution in [0, 0.1) is 26.2 Å². The number of nitrogens with zero attached hydrogens (tertiary/aromatic N) is 6. The van der Waals surface area contributed by atoms with Crippen molar-refractivity contribution in [3.63, 3.8) is 0 Å². The second-order valence-electron chi connectivity index (χ2n) is 5.83. The molecule has 0 aliphatic rings. The van der Waals surface area contributed by atoms with Crippen molar-refractivity contribution in [2.75, 3.05) is 0 Å². The number of hydrogen-bond acceptors (Lipinski definition) is 4. The van der Waals surface area contributed by atoms with Gasteiger partial charge < -0.3 is 0 Å². The van der Waals surface area contributed by atoms with Gasteiger partial charge in [-0.3, -0.25) is 19.9 Å². The zero-order chi connectivity index (χ0) is 20.7. The second kappa shape index (κ2) is 15.0. The zero-order valence-corrected chi connectivity index (χ0v) is 19.9. The molecule has 0 unspecified atom stereocenters. The van der Waals surface area contributed by atoms with Gasteiger partial charge in [0.1, 0.15) is 0 Å². The number of hydrogen-bond donors (Lipinski definition) is 0. The minimum absolute atomic E-state index is 0. The Morgan fingerprint density at radius 3 is 0.871 bits per heavy atom. The molecule has 31 heavy (non-hydrogen) atoms. The van der Waals surface area contributed by atoms with Crippen molar-refractivity contribution in [3.05, 3.63) is 147 Å². The molecule has 6 nitrogen and oxygen atoms in total. The molecular formula is C24H20N6Zn+2. The van der Waals surface area contributed by atoms with Gasteiger partial charge in [-0.1, -0.05) is 24.3 Å². The Bertz CT molecular complexity index is 781. The third-order valence-corrected chi connectivity index (χ3v) is 3.58. The predicted molar refractivity (Wildman–Crippen MR) is 115 cm³/mol. The summed E-state index contributed by atoms with van der Waals surface area (Å²) in [5, 5.41) is 8.27. The summed E-state index contributed by atoms with van der Waals surface area (Å²) in [6.45, 7) is 6.81. The molecule has 4 rings (SSSR count). The Morgan fingerprint density at radius 2 is 0.677 bits per heavy atom. The van der Waals surface area contributed by atoms with E-state index < -0.39 is 0 Å². The minimum atomic E-state index is 0. The van der Waals surface area contributed by atoms with Crippen LogP contribution in [0.5, 0.6) is 0 Å². The average molecular weight is 458 g/mol. The fourth-order valence-corrected chi connectivity index (χ4v) is 2.19. The van der Waals surface area contributed by atoms with Crippen molar-refractivity contribution >= 4 is 0 Å². The Labute approximate surface area is 196 Å². The summed E-state index contributed by atoms with van der Waals surface area (Å²) >= 11 is 0. The first kappa shape index (κ1) is 24.4. The molecule has 0 bridgehead atoms. The Kier molecular flexibility index (Phi) is 11.8. The van der Waals surface area contributed by atoms with Gasteiger partial charge in [-0.05, 0) is 48.5 Å². The Morgan fingerprint density at radius 1 is 0.419 bits per heavy atom. The van der Waals surface area contributed by atoms with Crippen molar-refractivity contribution in [2.24, 2.45) is 0 Å². The molecule has 0 fully saturated rings. The van der Waals surface area contributed by atoms with Gasteiger partial charge in [0, 0.05) is 24.8 Å². The summed E-state index contributed by atoms with van der Waals surface area (Å²) in [6, 6.07) is 22.8. The van der Waals surface area contributed by atoms with E-state index >= 15 is 0 Å². The smallest absolute Gasteiger partial charge is 0.259 e. The summed E-state index contributed by atoms with van der Waals surface area (Å²) in [7, 11) is 0. The van der Waals surface area contributed by atoms with Crippen LogP contribution in [0.25, 0.3) is 0 Å². The van der Waals surface area contributed by atoms with E-state index in [-0.39, 0.29) is 19.5 Å². The van der Waals surface area contributed by atoms with Gasteiger partial charge in [-0.2, -0.15) is 0 Å². The molecule has 7 heteroatoms. The van der Waals surface area contributed by atoms with E-state index in [9.17, 15) is 0 Å². The molecule has 146 valence electrons. The molecule has 0 atom stereocenters. The first-order valence-corrected chi connectivity index (χ1v) is 9.27. The molecule has 4 aromatic rings. The van der Waals surface area contributed by atoms with Gasteiger partial charge in [0.25, 0.3) is 0 Å². The van der Waals surface area contributed by atoms with Crippen molar-refractivity contribution in [2.45, 2.75) is 0 Å². The molecule has 4 aromatic heterocycles. The van der Waals surface area contributed by atoms with Crippen LogP contribution >= 0.6 is 0 Å². The van der Waals surface area contributed by atoms with Gasteiger partial charge in [0.2, 0.25) is 0 Å². The van der Waals surface area contributed by atoms with Crippen LogP contribution in [-0.2, 0) is 19.5 Å². The normalized spacial score (nSPS) is 9.81. The predicted octanol–water partition coefficient (Wildman–Crippen LogP) is 3.60. The van der Waals surface area contributed by atoms with Crippen molar-refractivity contribution in [1.29, 1.82) is 0 Å². The summed E-state index contributed by atoms with van der Waals surface area (Å²) in [5.41, 5.74) is 3.35. The fraction of sp³-hybridized carbons (Fsp3) is 0. The first-order valence-electron chi connectivity index (χ1n) is 9.27. The summed E-state index contributed by atoms with van der Waals surface area (Å²) in [6.07, 6.45) is 6.95. The van der Waals surface area contributed by atoms with Gasteiger partial charge in [-0.15, -0.1) is 0 Å². The van der Waals surface area contributed by atoms with Crippen molar-refractivity contribution in [3.8, 4) is 0 Å². The van der Waals surface area contributed by atoms with Crippen molar-refractivity contribution < 1.29 is 19.5 Å².